The predicted octanol–water partition coefficient (Wildman–Crippen LogP) is 12.9. The molecule has 1 heterocycles. The van der Waals surface area contributed by atoms with Crippen LogP contribution in [0.15, 0.2) is 208 Å². The third kappa shape index (κ3) is 5.16. The quantitative estimate of drug-likeness (QED) is 0.179. The summed E-state index contributed by atoms with van der Waals surface area (Å²) in [6.07, 6.45) is 27.8. The molecule has 0 amide bonds. The first-order valence-corrected chi connectivity index (χ1v) is 21.7. The Labute approximate surface area is 346 Å². The van der Waals surface area contributed by atoms with Crippen LogP contribution >= 0.6 is 0 Å². The highest BCUT2D eigenvalue weighted by Gasteiger charge is 2.54. The molecule has 0 bridgehead atoms. The average Bonchev–Trinajstić information content (AvgIpc) is 3.86. The fourth-order valence-corrected chi connectivity index (χ4v) is 11.8. The molecule has 1 aromatic heterocycles. The van der Waals surface area contributed by atoms with Gasteiger partial charge in [-0.15, -0.1) is 0 Å². The van der Waals surface area contributed by atoms with Gasteiger partial charge in [0.05, 0.1) is 0 Å². The minimum absolute atomic E-state index is 0.191. The van der Waals surface area contributed by atoms with Crippen LogP contribution in [0.5, 0.6) is 0 Å². The maximum absolute atomic E-state index is 5.05. The number of allylic oxidation sites excluding steroid dienone is 18. The van der Waals surface area contributed by atoms with Gasteiger partial charge in [0.2, 0.25) is 0 Å². The van der Waals surface area contributed by atoms with E-state index in [0.717, 1.165) is 42.4 Å². The molecular weight excluding hydrogens is 715 g/mol. The lowest BCUT2D eigenvalue weighted by Crippen LogP contribution is -2.27. The summed E-state index contributed by atoms with van der Waals surface area (Å²) in [7, 11) is 0. The topological polar surface area (TPSA) is 38.7 Å². The molecule has 3 nitrogen and oxygen atoms in total. The zero-order valence-electron chi connectivity index (χ0n) is 32.9. The van der Waals surface area contributed by atoms with Gasteiger partial charge in [0, 0.05) is 40.4 Å². The van der Waals surface area contributed by atoms with Gasteiger partial charge in [0.25, 0.3) is 0 Å². The summed E-state index contributed by atoms with van der Waals surface area (Å²) in [5.74, 6) is 4.88. The summed E-state index contributed by atoms with van der Waals surface area (Å²) < 4.78 is 0. The molecule has 8 aliphatic carbocycles. The van der Waals surface area contributed by atoms with Crippen molar-refractivity contribution in [3.8, 4) is 34.2 Å². The van der Waals surface area contributed by atoms with E-state index in [1.165, 1.54) is 23.1 Å². The van der Waals surface area contributed by atoms with Gasteiger partial charge in [0.1, 0.15) is 0 Å². The molecule has 5 aromatic rings. The van der Waals surface area contributed by atoms with Gasteiger partial charge in [0.15, 0.2) is 17.5 Å². The molecule has 1 saturated carbocycles. The molecule has 13 rings (SSSR count). The van der Waals surface area contributed by atoms with Crippen LogP contribution in [0, 0.1) is 29.6 Å². The van der Waals surface area contributed by atoms with Crippen LogP contribution in [0.3, 0.4) is 0 Å². The van der Waals surface area contributed by atoms with Crippen LogP contribution < -0.4 is 0 Å². The van der Waals surface area contributed by atoms with Crippen molar-refractivity contribution in [1.29, 1.82) is 0 Å². The van der Waals surface area contributed by atoms with Crippen LogP contribution in [-0.2, 0) is 0 Å². The Balaban J connectivity index is 0.884. The van der Waals surface area contributed by atoms with Gasteiger partial charge in [-0.3, -0.25) is 0 Å². The van der Waals surface area contributed by atoms with Gasteiger partial charge in [-0.05, 0) is 105 Å². The average molecular weight is 758 g/mol. The molecule has 0 saturated heterocycles. The second kappa shape index (κ2) is 13.0. The van der Waals surface area contributed by atoms with Crippen molar-refractivity contribution in [2.45, 2.75) is 38.0 Å². The van der Waals surface area contributed by atoms with E-state index in [9.17, 15) is 0 Å². The minimum atomic E-state index is 0.191. The molecule has 59 heavy (non-hydrogen) atoms. The van der Waals surface area contributed by atoms with Crippen molar-refractivity contribution in [1.82, 2.24) is 15.0 Å². The lowest BCUT2D eigenvalue weighted by atomic mass is 9.64. The molecular formula is C56H43N3. The lowest BCUT2D eigenvalue weighted by molar-refractivity contribution is 0.567. The standard InChI is InChI=1S/C56H43N3/c1-3-13-34(14-4-1)54-57-55(35-15-5-2-6-16-35)59-56(58-54)36-25-23-33(24-26-36)50-44-21-11-12-22-45(44)52-49-32-48(49)46-30-29-38(51(46)53(50)52)37-27-28-43-41-19-8-7-17-39(41)40-18-9-10-20-42(40)47(43)31-37/h1-9,11-19,21-29,37,39,41,48-50H,10,20,30-32H2. The number of rotatable bonds is 5. The summed E-state index contributed by atoms with van der Waals surface area (Å²) in [6.45, 7) is 0. The Hall–Kier alpha value is -6.45. The largest absolute Gasteiger partial charge is 0.208 e. The second-order valence-electron chi connectivity index (χ2n) is 17.5. The van der Waals surface area contributed by atoms with Crippen LogP contribution in [-0.4, -0.2) is 15.0 Å². The maximum atomic E-state index is 5.05. The molecule has 4 aromatic carbocycles. The summed E-state index contributed by atoms with van der Waals surface area (Å²) in [6, 6.07) is 39.0. The number of nitrogens with zero attached hydrogens (tertiary/aromatic N) is 3. The van der Waals surface area contributed by atoms with Gasteiger partial charge < -0.3 is 0 Å². The molecule has 0 spiro atoms. The van der Waals surface area contributed by atoms with E-state index >= 15 is 0 Å². The molecule has 6 atom stereocenters. The van der Waals surface area contributed by atoms with Crippen LogP contribution in [0.4, 0.5) is 0 Å². The molecule has 6 unspecified atom stereocenters. The summed E-state index contributed by atoms with van der Waals surface area (Å²) >= 11 is 0. The number of benzene rings is 4. The first-order chi connectivity index (χ1) is 29.3. The molecule has 1 fully saturated rings. The van der Waals surface area contributed by atoms with Crippen LogP contribution in [0.1, 0.15) is 54.7 Å². The van der Waals surface area contributed by atoms with Gasteiger partial charge in [-0.1, -0.05) is 169 Å². The Morgan fingerprint density at radius 2 is 1.20 bits per heavy atom. The SMILES string of the molecule is C1=CC2C3=C(CCC=C3)C3=C(C=CC(C4=CCC5=C4C4=C(c6ccccc6C4c4ccc(-c6nc(-c7ccccc7)nc(-c7ccccc7)n6)cc4)C4CC54)C3)C2C=C1. The van der Waals surface area contributed by atoms with E-state index in [2.05, 4.69) is 127 Å². The van der Waals surface area contributed by atoms with Gasteiger partial charge in [-0.25, -0.2) is 15.0 Å². The van der Waals surface area contributed by atoms with E-state index in [1.54, 1.807) is 50.2 Å². The number of aromatic nitrogens is 3. The highest BCUT2D eigenvalue weighted by Crippen LogP contribution is 2.68. The fraction of sp³-hybridized carbons (Fsp3) is 0.196. The first kappa shape index (κ1) is 33.5. The molecule has 0 radical (unpaired) electrons. The molecule has 8 aliphatic rings. The Kier molecular flexibility index (Phi) is 7.40. The fourth-order valence-electron chi connectivity index (χ4n) is 11.8. The van der Waals surface area contributed by atoms with Crippen molar-refractivity contribution < 1.29 is 0 Å². The third-order valence-corrected chi connectivity index (χ3v) is 14.5. The van der Waals surface area contributed by atoms with E-state index in [-0.39, 0.29) is 5.92 Å². The Morgan fingerprint density at radius 1 is 0.559 bits per heavy atom. The van der Waals surface area contributed by atoms with Crippen molar-refractivity contribution in [2.75, 3.05) is 0 Å². The number of fused-ring (bicyclic) bond motifs is 10. The number of hydrogen-bond donors (Lipinski definition) is 0. The number of hydrogen-bond acceptors (Lipinski definition) is 3. The van der Waals surface area contributed by atoms with Crippen LogP contribution in [0.2, 0.25) is 0 Å². The summed E-state index contributed by atoms with van der Waals surface area (Å²) in [5.41, 5.74) is 21.7. The Bertz CT molecular complexity index is 2850. The smallest absolute Gasteiger partial charge is 0.164 e. The van der Waals surface area contributed by atoms with Gasteiger partial charge >= 0.3 is 0 Å². The van der Waals surface area contributed by atoms with E-state index in [4.69, 9.17) is 15.0 Å². The van der Waals surface area contributed by atoms with E-state index in [0.29, 0.717) is 47.1 Å². The van der Waals surface area contributed by atoms with E-state index < -0.39 is 0 Å². The van der Waals surface area contributed by atoms with Crippen molar-refractivity contribution in [3.63, 3.8) is 0 Å². The van der Waals surface area contributed by atoms with E-state index in [1.807, 2.05) is 36.4 Å². The van der Waals surface area contributed by atoms with Crippen molar-refractivity contribution >= 4 is 5.57 Å². The van der Waals surface area contributed by atoms with Crippen molar-refractivity contribution in [2.24, 2.45) is 29.6 Å². The molecule has 0 aliphatic heterocycles. The normalized spacial score (nSPS) is 26.5. The maximum Gasteiger partial charge on any atom is 0.164 e. The zero-order valence-corrected chi connectivity index (χ0v) is 32.9. The Morgan fingerprint density at radius 3 is 1.92 bits per heavy atom. The highest BCUT2D eigenvalue weighted by atomic mass is 15.0. The molecule has 3 heteroatoms. The molecule has 282 valence electrons. The molecule has 0 N–H and O–H groups in total. The first-order valence-electron chi connectivity index (χ1n) is 21.7. The zero-order chi connectivity index (χ0) is 38.6. The predicted molar refractivity (Wildman–Crippen MR) is 238 cm³/mol. The van der Waals surface area contributed by atoms with Crippen LogP contribution in [0.25, 0.3) is 39.7 Å². The summed E-state index contributed by atoms with van der Waals surface area (Å²) in [5, 5.41) is 0. The highest BCUT2D eigenvalue weighted by molar-refractivity contribution is 5.91. The second-order valence-corrected chi connectivity index (χ2v) is 17.5. The third-order valence-electron chi connectivity index (χ3n) is 14.5. The van der Waals surface area contributed by atoms with Crippen molar-refractivity contribution in [3.05, 3.63) is 225 Å². The lowest BCUT2D eigenvalue weighted by Gasteiger charge is -2.40. The monoisotopic (exact) mass is 757 g/mol. The van der Waals surface area contributed by atoms with Gasteiger partial charge in [-0.2, -0.15) is 0 Å². The minimum Gasteiger partial charge on any atom is -0.208 e. The summed E-state index contributed by atoms with van der Waals surface area (Å²) in [4.78, 5) is 15.0.